The molecule has 0 aliphatic heterocycles. The number of carbonyl (C=O) groups is 1. The van der Waals surface area contributed by atoms with Gasteiger partial charge in [0.15, 0.2) is 0 Å². The summed E-state index contributed by atoms with van der Waals surface area (Å²) in [6, 6.07) is 2.91. The Bertz CT molecular complexity index is 582. The molecule has 0 atom stereocenters. The summed E-state index contributed by atoms with van der Waals surface area (Å²) in [7, 11) is 0. The van der Waals surface area contributed by atoms with Crippen molar-refractivity contribution in [3.63, 3.8) is 0 Å². The highest BCUT2D eigenvalue weighted by atomic mass is 19.1. The molecule has 0 fully saturated rings. The molecule has 1 aromatic heterocycles. The van der Waals surface area contributed by atoms with E-state index in [1.165, 1.54) is 17.1 Å². The minimum absolute atomic E-state index is 0.0819. The van der Waals surface area contributed by atoms with Crippen LogP contribution in [0, 0.1) is 11.6 Å². The van der Waals surface area contributed by atoms with E-state index >= 15 is 0 Å². The SMILES string of the molecule is Nc1cnn(CC(=O)Nc2ccc(F)cc2F)c1. The van der Waals surface area contributed by atoms with Crippen molar-refractivity contribution in [3.8, 4) is 0 Å². The highest BCUT2D eigenvalue weighted by Gasteiger charge is 2.09. The number of benzene rings is 1. The standard InChI is InChI=1S/C11H10F2N4O/c12-7-1-2-10(9(13)3-7)16-11(18)6-17-5-8(14)4-15-17/h1-5H,6,14H2,(H,16,18). The number of halogens is 2. The number of anilines is 2. The molecule has 94 valence electrons. The van der Waals surface area contributed by atoms with E-state index in [1.54, 1.807) is 0 Å². The number of nitrogens with one attached hydrogen (secondary N) is 1. The molecule has 0 saturated carbocycles. The number of nitrogen functional groups attached to an aromatic ring is 1. The summed E-state index contributed by atoms with van der Waals surface area (Å²) in [4.78, 5) is 11.6. The third-order valence-corrected chi connectivity index (χ3v) is 2.16. The van der Waals surface area contributed by atoms with Crippen molar-refractivity contribution in [3.05, 3.63) is 42.2 Å². The maximum atomic E-state index is 13.3. The molecule has 0 unspecified atom stereocenters. The third kappa shape index (κ3) is 2.82. The van der Waals surface area contributed by atoms with Crippen molar-refractivity contribution in [1.82, 2.24) is 9.78 Å². The van der Waals surface area contributed by atoms with E-state index < -0.39 is 17.5 Å². The second kappa shape index (κ2) is 4.82. The number of hydrogen-bond acceptors (Lipinski definition) is 3. The Hall–Kier alpha value is -2.44. The molecule has 0 radical (unpaired) electrons. The molecule has 2 rings (SSSR count). The van der Waals surface area contributed by atoms with E-state index in [9.17, 15) is 13.6 Å². The fourth-order valence-corrected chi connectivity index (χ4v) is 1.39. The van der Waals surface area contributed by atoms with Crippen molar-refractivity contribution >= 4 is 17.3 Å². The molecule has 0 bridgehead atoms. The van der Waals surface area contributed by atoms with Gasteiger partial charge in [0, 0.05) is 12.3 Å². The van der Waals surface area contributed by atoms with Gasteiger partial charge in [-0.3, -0.25) is 9.48 Å². The number of amides is 1. The highest BCUT2D eigenvalue weighted by molar-refractivity contribution is 5.90. The molecule has 3 N–H and O–H groups in total. The second-order valence-corrected chi connectivity index (χ2v) is 3.64. The molecular weight excluding hydrogens is 242 g/mol. The summed E-state index contributed by atoms with van der Waals surface area (Å²) < 4.78 is 27.2. The first-order valence-corrected chi connectivity index (χ1v) is 5.07. The third-order valence-electron chi connectivity index (χ3n) is 2.16. The number of carbonyl (C=O) groups excluding carboxylic acids is 1. The molecule has 0 saturated heterocycles. The second-order valence-electron chi connectivity index (χ2n) is 3.64. The average Bonchev–Trinajstić information content (AvgIpc) is 2.68. The van der Waals surface area contributed by atoms with Crippen LogP contribution in [0.15, 0.2) is 30.6 Å². The lowest BCUT2D eigenvalue weighted by Gasteiger charge is -2.06. The van der Waals surface area contributed by atoms with Gasteiger partial charge in [-0.2, -0.15) is 5.10 Å². The van der Waals surface area contributed by atoms with Crippen LogP contribution in [0.3, 0.4) is 0 Å². The topological polar surface area (TPSA) is 72.9 Å². The molecular formula is C11H10F2N4O. The molecule has 2 aromatic rings. The summed E-state index contributed by atoms with van der Waals surface area (Å²) in [5.74, 6) is -2.02. The number of nitrogens with two attached hydrogens (primary N) is 1. The van der Waals surface area contributed by atoms with Crippen molar-refractivity contribution in [2.45, 2.75) is 6.54 Å². The van der Waals surface area contributed by atoms with Gasteiger partial charge < -0.3 is 11.1 Å². The van der Waals surface area contributed by atoms with Crippen LogP contribution in [0.5, 0.6) is 0 Å². The van der Waals surface area contributed by atoms with Crippen molar-refractivity contribution in [2.24, 2.45) is 0 Å². The summed E-state index contributed by atoms with van der Waals surface area (Å²) >= 11 is 0. The summed E-state index contributed by atoms with van der Waals surface area (Å²) in [6.45, 7) is -0.103. The Morgan fingerprint density at radius 3 is 2.83 bits per heavy atom. The molecule has 0 aliphatic rings. The molecule has 0 aliphatic carbocycles. The van der Waals surface area contributed by atoms with Crippen molar-refractivity contribution in [2.75, 3.05) is 11.1 Å². The lowest BCUT2D eigenvalue weighted by Crippen LogP contribution is -2.19. The Labute approximate surface area is 101 Å². The van der Waals surface area contributed by atoms with Gasteiger partial charge in [0.05, 0.1) is 17.6 Å². The predicted octanol–water partition coefficient (Wildman–Crippen LogP) is 1.38. The smallest absolute Gasteiger partial charge is 0.246 e. The maximum Gasteiger partial charge on any atom is 0.246 e. The van der Waals surface area contributed by atoms with E-state index in [0.29, 0.717) is 11.8 Å². The van der Waals surface area contributed by atoms with Crippen molar-refractivity contribution in [1.29, 1.82) is 0 Å². The van der Waals surface area contributed by atoms with Gasteiger partial charge in [-0.15, -0.1) is 0 Å². The van der Waals surface area contributed by atoms with Gasteiger partial charge in [0.25, 0.3) is 0 Å². The molecule has 0 spiro atoms. The Kier molecular flexibility index (Phi) is 3.22. The maximum absolute atomic E-state index is 13.3. The molecule has 5 nitrogen and oxygen atoms in total. The molecule has 1 aromatic carbocycles. The fraction of sp³-hybridized carbons (Fsp3) is 0.0909. The minimum atomic E-state index is -0.830. The summed E-state index contributed by atoms with van der Waals surface area (Å²) in [6.07, 6.45) is 2.87. The van der Waals surface area contributed by atoms with E-state index in [-0.39, 0.29) is 12.2 Å². The van der Waals surface area contributed by atoms with Gasteiger partial charge in [0.1, 0.15) is 18.2 Å². The quantitative estimate of drug-likeness (QED) is 0.866. The lowest BCUT2D eigenvalue weighted by molar-refractivity contribution is -0.116. The molecule has 18 heavy (non-hydrogen) atoms. The first-order chi connectivity index (χ1) is 8.54. The van der Waals surface area contributed by atoms with Crippen LogP contribution in [0.2, 0.25) is 0 Å². The largest absolute Gasteiger partial charge is 0.396 e. The van der Waals surface area contributed by atoms with Crippen LogP contribution in [0.4, 0.5) is 20.2 Å². The zero-order valence-corrected chi connectivity index (χ0v) is 9.23. The van der Waals surface area contributed by atoms with Crippen LogP contribution in [0.25, 0.3) is 0 Å². The molecule has 7 heteroatoms. The lowest BCUT2D eigenvalue weighted by atomic mass is 10.3. The first-order valence-electron chi connectivity index (χ1n) is 5.07. The van der Waals surface area contributed by atoms with Crippen LogP contribution >= 0.6 is 0 Å². The predicted molar refractivity (Wildman–Crippen MR) is 61.6 cm³/mol. The van der Waals surface area contributed by atoms with Gasteiger partial charge in [0.2, 0.25) is 5.91 Å². The minimum Gasteiger partial charge on any atom is -0.396 e. The van der Waals surface area contributed by atoms with Crippen molar-refractivity contribution < 1.29 is 13.6 Å². The van der Waals surface area contributed by atoms with Crippen LogP contribution in [0.1, 0.15) is 0 Å². The first kappa shape index (κ1) is 12.0. The van der Waals surface area contributed by atoms with Gasteiger partial charge in [-0.05, 0) is 12.1 Å². The Morgan fingerprint density at radius 2 is 2.22 bits per heavy atom. The Balaban J connectivity index is 2.03. The zero-order valence-electron chi connectivity index (χ0n) is 9.23. The van der Waals surface area contributed by atoms with Crippen LogP contribution in [-0.4, -0.2) is 15.7 Å². The van der Waals surface area contributed by atoms with Gasteiger partial charge in [-0.25, -0.2) is 8.78 Å². The highest BCUT2D eigenvalue weighted by Crippen LogP contribution is 2.14. The molecule has 1 heterocycles. The number of hydrogen-bond donors (Lipinski definition) is 2. The van der Waals surface area contributed by atoms with E-state index in [0.717, 1.165) is 12.1 Å². The van der Waals surface area contributed by atoms with Crippen LogP contribution < -0.4 is 11.1 Å². The molecule has 1 amide bonds. The number of rotatable bonds is 3. The van der Waals surface area contributed by atoms with E-state index in [1.807, 2.05) is 0 Å². The normalized spacial score (nSPS) is 10.3. The average molecular weight is 252 g/mol. The van der Waals surface area contributed by atoms with E-state index in [4.69, 9.17) is 5.73 Å². The van der Waals surface area contributed by atoms with Gasteiger partial charge >= 0.3 is 0 Å². The summed E-state index contributed by atoms with van der Waals surface area (Å²) in [5, 5.41) is 6.12. The fourth-order valence-electron chi connectivity index (χ4n) is 1.39. The van der Waals surface area contributed by atoms with E-state index in [2.05, 4.69) is 10.4 Å². The van der Waals surface area contributed by atoms with Crippen LogP contribution in [-0.2, 0) is 11.3 Å². The zero-order chi connectivity index (χ0) is 13.1. The number of nitrogens with zero attached hydrogens (tertiary/aromatic N) is 2. The monoisotopic (exact) mass is 252 g/mol. The summed E-state index contributed by atoms with van der Waals surface area (Å²) in [5.41, 5.74) is 5.78. The number of aromatic nitrogens is 2. The van der Waals surface area contributed by atoms with Gasteiger partial charge in [-0.1, -0.05) is 0 Å². The Morgan fingerprint density at radius 1 is 1.44 bits per heavy atom.